The Morgan fingerprint density at radius 1 is 0.906 bits per heavy atom. The molecule has 0 unspecified atom stereocenters. The van der Waals surface area contributed by atoms with Gasteiger partial charge in [0.15, 0.2) is 5.13 Å². The summed E-state index contributed by atoms with van der Waals surface area (Å²) in [5.74, 6) is -0.474. The number of furan rings is 1. The van der Waals surface area contributed by atoms with Crippen molar-refractivity contribution in [2.75, 3.05) is 4.90 Å². The summed E-state index contributed by atoms with van der Waals surface area (Å²) in [7, 11) is 0. The molecule has 0 saturated heterocycles. The summed E-state index contributed by atoms with van der Waals surface area (Å²) in [5, 5.41) is 0.434. The summed E-state index contributed by atoms with van der Waals surface area (Å²) in [6.45, 7) is 0.198. The van der Waals surface area contributed by atoms with Crippen LogP contribution in [0.1, 0.15) is 22.8 Å². The van der Waals surface area contributed by atoms with Crippen LogP contribution in [-0.2, 0) is 11.3 Å². The van der Waals surface area contributed by atoms with Crippen molar-refractivity contribution < 1.29 is 13.6 Å². The molecule has 1 amide bonds. The number of carbonyl (C=O) groups excluding carboxylic acids is 1. The van der Waals surface area contributed by atoms with Crippen LogP contribution in [-0.4, -0.2) is 10.9 Å². The van der Waals surface area contributed by atoms with Gasteiger partial charge in [-0.25, -0.2) is 9.37 Å². The maximum Gasteiger partial charge on any atom is 0.241 e. The van der Waals surface area contributed by atoms with Gasteiger partial charge in [0.05, 0.1) is 23.4 Å². The number of carbonyl (C=O) groups is 1. The van der Waals surface area contributed by atoms with Crippen LogP contribution in [0.4, 0.5) is 9.52 Å². The van der Waals surface area contributed by atoms with E-state index in [0.29, 0.717) is 15.6 Å². The number of hydrogen-bond donors (Lipinski definition) is 0. The Morgan fingerprint density at radius 2 is 1.59 bits per heavy atom. The molecule has 0 saturated carbocycles. The number of nitrogens with zero attached hydrogens (tertiary/aromatic N) is 2. The molecule has 6 heteroatoms. The number of fused-ring (bicyclic) bond motifs is 1. The molecule has 0 fully saturated rings. The molecule has 0 N–H and O–H groups in total. The molecule has 0 bridgehead atoms. The van der Waals surface area contributed by atoms with E-state index < -0.39 is 11.7 Å². The van der Waals surface area contributed by atoms with Gasteiger partial charge in [0.2, 0.25) is 5.91 Å². The average Bonchev–Trinajstić information content (AvgIpc) is 3.49. The lowest BCUT2D eigenvalue weighted by atomic mass is 9.90. The van der Waals surface area contributed by atoms with Gasteiger partial charge in [0.25, 0.3) is 0 Å². The fourth-order valence-electron chi connectivity index (χ4n) is 3.74. The van der Waals surface area contributed by atoms with Crippen molar-refractivity contribution in [1.82, 2.24) is 4.98 Å². The third kappa shape index (κ3) is 3.92. The van der Waals surface area contributed by atoms with Crippen LogP contribution in [0.2, 0.25) is 0 Å². The van der Waals surface area contributed by atoms with Gasteiger partial charge in [-0.2, -0.15) is 0 Å². The van der Waals surface area contributed by atoms with Crippen LogP contribution in [0.15, 0.2) is 102 Å². The molecule has 5 aromatic rings. The molecular weight excluding hydrogens is 423 g/mol. The van der Waals surface area contributed by atoms with E-state index in [1.807, 2.05) is 66.7 Å². The van der Waals surface area contributed by atoms with Gasteiger partial charge in [-0.1, -0.05) is 78.1 Å². The molecule has 5 rings (SSSR count). The molecule has 0 atom stereocenters. The average molecular weight is 443 g/mol. The maximum atomic E-state index is 14.4. The van der Waals surface area contributed by atoms with E-state index in [-0.39, 0.29) is 18.0 Å². The number of halogens is 1. The topological polar surface area (TPSA) is 46.3 Å². The molecule has 0 aliphatic carbocycles. The van der Waals surface area contributed by atoms with Gasteiger partial charge in [0.1, 0.15) is 17.1 Å². The summed E-state index contributed by atoms with van der Waals surface area (Å²) >= 11 is 1.29. The van der Waals surface area contributed by atoms with Crippen LogP contribution in [0.25, 0.3) is 10.2 Å². The Bertz CT molecular complexity index is 1300. The largest absolute Gasteiger partial charge is 0.467 e. The van der Waals surface area contributed by atoms with Crippen molar-refractivity contribution in [2.45, 2.75) is 12.5 Å². The summed E-state index contributed by atoms with van der Waals surface area (Å²) in [5.41, 5.74) is 2.02. The molecule has 4 nitrogen and oxygen atoms in total. The second-order valence-corrected chi connectivity index (χ2v) is 8.35. The normalized spacial score (nSPS) is 11.2. The van der Waals surface area contributed by atoms with Crippen LogP contribution in [0.5, 0.6) is 0 Å². The van der Waals surface area contributed by atoms with Crippen LogP contribution < -0.4 is 4.90 Å². The molecule has 158 valence electrons. The number of hydrogen-bond acceptors (Lipinski definition) is 4. The maximum absolute atomic E-state index is 14.4. The van der Waals surface area contributed by atoms with Crippen molar-refractivity contribution in [1.29, 1.82) is 0 Å². The monoisotopic (exact) mass is 442 g/mol. The lowest BCUT2D eigenvalue weighted by Crippen LogP contribution is -2.35. The first-order valence-corrected chi connectivity index (χ1v) is 11.0. The zero-order valence-electron chi connectivity index (χ0n) is 17.0. The lowest BCUT2D eigenvalue weighted by Gasteiger charge is -2.25. The molecule has 32 heavy (non-hydrogen) atoms. The Morgan fingerprint density at radius 3 is 2.19 bits per heavy atom. The van der Waals surface area contributed by atoms with Gasteiger partial charge >= 0.3 is 0 Å². The summed E-state index contributed by atoms with van der Waals surface area (Å²) in [4.78, 5) is 20.2. The summed E-state index contributed by atoms with van der Waals surface area (Å²) in [6, 6.07) is 27.7. The zero-order chi connectivity index (χ0) is 21.9. The van der Waals surface area contributed by atoms with Gasteiger partial charge in [-0.05, 0) is 35.4 Å². The number of rotatable bonds is 6. The van der Waals surface area contributed by atoms with E-state index in [1.54, 1.807) is 29.4 Å². The zero-order valence-corrected chi connectivity index (χ0v) is 17.8. The van der Waals surface area contributed by atoms with Crippen molar-refractivity contribution in [3.05, 3.63) is 120 Å². The fourth-order valence-corrected chi connectivity index (χ4v) is 4.73. The number of benzene rings is 3. The van der Waals surface area contributed by atoms with E-state index in [0.717, 1.165) is 11.1 Å². The Kier molecular flexibility index (Phi) is 5.52. The highest BCUT2D eigenvalue weighted by atomic mass is 32.1. The highest BCUT2D eigenvalue weighted by Crippen LogP contribution is 2.35. The second-order valence-electron chi connectivity index (χ2n) is 7.34. The van der Waals surface area contributed by atoms with Crippen molar-refractivity contribution in [3.8, 4) is 0 Å². The highest BCUT2D eigenvalue weighted by molar-refractivity contribution is 7.22. The Labute approximate surface area is 188 Å². The number of para-hydroxylation sites is 1. The molecule has 0 spiro atoms. The van der Waals surface area contributed by atoms with E-state index in [4.69, 9.17) is 4.42 Å². The van der Waals surface area contributed by atoms with Gasteiger partial charge < -0.3 is 4.42 Å². The molecule has 2 aromatic heterocycles. The minimum Gasteiger partial charge on any atom is -0.467 e. The Balaban J connectivity index is 1.63. The standard InChI is InChI=1S/C26H19FN2O2S/c27-21-14-7-15-22-24(21)28-26(32-22)29(17-20-13-8-16-31-20)25(30)23(18-9-3-1-4-10-18)19-11-5-2-6-12-19/h1-16,23H,17H2. The van der Waals surface area contributed by atoms with Crippen LogP contribution in [0, 0.1) is 5.82 Å². The van der Waals surface area contributed by atoms with Crippen LogP contribution in [0.3, 0.4) is 0 Å². The van der Waals surface area contributed by atoms with E-state index in [2.05, 4.69) is 4.98 Å². The first-order valence-electron chi connectivity index (χ1n) is 10.2. The minimum atomic E-state index is -0.538. The fraction of sp³-hybridized carbons (Fsp3) is 0.0769. The third-order valence-corrected chi connectivity index (χ3v) is 6.31. The van der Waals surface area contributed by atoms with Gasteiger partial charge in [-0.15, -0.1) is 0 Å². The molecule has 3 aromatic carbocycles. The number of anilines is 1. The van der Waals surface area contributed by atoms with Crippen molar-refractivity contribution in [3.63, 3.8) is 0 Å². The minimum absolute atomic E-state index is 0.154. The Hall–Kier alpha value is -3.77. The smallest absolute Gasteiger partial charge is 0.241 e. The summed E-state index contributed by atoms with van der Waals surface area (Å²) in [6.07, 6.45) is 1.57. The predicted molar refractivity (Wildman–Crippen MR) is 124 cm³/mol. The third-order valence-electron chi connectivity index (χ3n) is 5.26. The molecule has 0 radical (unpaired) electrons. The number of thiazole rings is 1. The highest BCUT2D eigenvalue weighted by Gasteiger charge is 2.31. The molecule has 2 heterocycles. The molecular formula is C26H19FN2O2S. The first-order chi connectivity index (χ1) is 15.7. The second kappa shape index (κ2) is 8.77. The van der Waals surface area contributed by atoms with Crippen molar-refractivity contribution in [2.24, 2.45) is 0 Å². The lowest BCUT2D eigenvalue weighted by molar-refractivity contribution is -0.119. The summed E-state index contributed by atoms with van der Waals surface area (Å²) < 4.78 is 20.6. The predicted octanol–water partition coefficient (Wildman–Crippen LogP) is 6.39. The van der Waals surface area contributed by atoms with E-state index in [9.17, 15) is 9.18 Å². The van der Waals surface area contributed by atoms with E-state index >= 15 is 0 Å². The van der Waals surface area contributed by atoms with Crippen molar-refractivity contribution >= 4 is 32.6 Å². The molecule has 0 aliphatic rings. The SMILES string of the molecule is O=C(C(c1ccccc1)c1ccccc1)N(Cc1ccco1)c1nc2c(F)cccc2s1. The van der Waals surface area contributed by atoms with E-state index in [1.165, 1.54) is 17.4 Å². The number of amides is 1. The van der Waals surface area contributed by atoms with Gasteiger partial charge in [0, 0.05) is 0 Å². The quantitative estimate of drug-likeness (QED) is 0.306. The number of aromatic nitrogens is 1. The first kappa shape index (κ1) is 20.2. The van der Waals surface area contributed by atoms with Gasteiger partial charge in [-0.3, -0.25) is 9.69 Å². The molecule has 0 aliphatic heterocycles. The van der Waals surface area contributed by atoms with Crippen LogP contribution >= 0.6 is 11.3 Å².